The van der Waals surface area contributed by atoms with Crippen LogP contribution in [0.2, 0.25) is 0 Å². The monoisotopic (exact) mass is 266 g/mol. The van der Waals surface area contributed by atoms with Crippen LogP contribution < -0.4 is 5.32 Å². The SMILES string of the molecule is Cc1csc(Cc2noc([C@H]3C[C@H](O)CN3)n2)n1. The minimum Gasteiger partial charge on any atom is -0.392 e. The standard InChI is InChI=1S/C11H14N4O2S/c1-6-5-18-10(13-6)3-9-14-11(17-15-9)8-2-7(16)4-12-8/h5,7-8,12,16H,2-4H2,1H3/t7-,8+/m0/s1. The minimum atomic E-state index is -0.327. The van der Waals surface area contributed by atoms with Gasteiger partial charge in [0.25, 0.3) is 0 Å². The van der Waals surface area contributed by atoms with Crippen LogP contribution >= 0.6 is 11.3 Å². The molecule has 0 amide bonds. The second-order valence-corrected chi connectivity index (χ2v) is 5.40. The van der Waals surface area contributed by atoms with E-state index in [1.54, 1.807) is 11.3 Å². The van der Waals surface area contributed by atoms with Crippen LogP contribution in [0.1, 0.15) is 34.9 Å². The first-order chi connectivity index (χ1) is 8.70. The summed E-state index contributed by atoms with van der Waals surface area (Å²) in [6.07, 6.45) is 0.891. The van der Waals surface area contributed by atoms with Crippen LogP contribution in [0.15, 0.2) is 9.90 Å². The van der Waals surface area contributed by atoms with Crippen molar-refractivity contribution in [3.8, 4) is 0 Å². The Morgan fingerprint density at radius 3 is 3.11 bits per heavy atom. The number of nitrogens with zero attached hydrogens (tertiary/aromatic N) is 3. The molecule has 0 spiro atoms. The maximum Gasteiger partial charge on any atom is 0.243 e. The van der Waals surface area contributed by atoms with Crippen molar-refractivity contribution in [1.29, 1.82) is 0 Å². The highest BCUT2D eigenvalue weighted by Crippen LogP contribution is 2.22. The summed E-state index contributed by atoms with van der Waals surface area (Å²) < 4.78 is 5.22. The summed E-state index contributed by atoms with van der Waals surface area (Å²) in [5, 5.41) is 19.5. The molecule has 96 valence electrons. The number of aromatic nitrogens is 3. The Morgan fingerprint density at radius 2 is 2.44 bits per heavy atom. The average molecular weight is 266 g/mol. The van der Waals surface area contributed by atoms with Crippen molar-refractivity contribution in [3.63, 3.8) is 0 Å². The summed E-state index contributed by atoms with van der Waals surface area (Å²) >= 11 is 1.60. The first-order valence-corrected chi connectivity index (χ1v) is 6.73. The molecule has 0 saturated carbocycles. The molecule has 3 rings (SSSR count). The Morgan fingerprint density at radius 1 is 1.56 bits per heavy atom. The van der Waals surface area contributed by atoms with Crippen LogP contribution in [0.5, 0.6) is 0 Å². The molecule has 2 atom stereocenters. The van der Waals surface area contributed by atoms with Gasteiger partial charge in [-0.2, -0.15) is 4.98 Å². The van der Waals surface area contributed by atoms with E-state index in [0.717, 1.165) is 10.7 Å². The van der Waals surface area contributed by atoms with Gasteiger partial charge in [0.1, 0.15) is 5.01 Å². The van der Waals surface area contributed by atoms with Gasteiger partial charge in [0.2, 0.25) is 5.89 Å². The fourth-order valence-electron chi connectivity index (χ4n) is 2.01. The smallest absolute Gasteiger partial charge is 0.243 e. The van der Waals surface area contributed by atoms with Gasteiger partial charge in [-0.05, 0) is 13.3 Å². The van der Waals surface area contributed by atoms with Crippen molar-refractivity contribution in [2.45, 2.75) is 31.9 Å². The van der Waals surface area contributed by atoms with Crippen LogP contribution in [-0.4, -0.2) is 32.9 Å². The van der Waals surface area contributed by atoms with Crippen molar-refractivity contribution in [1.82, 2.24) is 20.4 Å². The lowest BCUT2D eigenvalue weighted by Crippen LogP contribution is -2.15. The number of β-amino-alcohol motifs (C(OH)–C–C–N with tert-alkyl or cyclic N) is 1. The van der Waals surface area contributed by atoms with Crippen LogP contribution in [0.3, 0.4) is 0 Å². The van der Waals surface area contributed by atoms with Gasteiger partial charge >= 0.3 is 0 Å². The van der Waals surface area contributed by atoms with E-state index < -0.39 is 0 Å². The third-order valence-electron chi connectivity index (χ3n) is 2.87. The summed E-state index contributed by atoms with van der Waals surface area (Å²) in [5.41, 5.74) is 1.01. The highest BCUT2D eigenvalue weighted by molar-refractivity contribution is 7.09. The molecule has 1 aliphatic heterocycles. The molecule has 2 aromatic rings. The lowest BCUT2D eigenvalue weighted by molar-refractivity contribution is 0.191. The van der Waals surface area contributed by atoms with Crippen molar-refractivity contribution in [2.75, 3.05) is 6.54 Å². The fraction of sp³-hybridized carbons (Fsp3) is 0.545. The van der Waals surface area contributed by atoms with Crippen LogP contribution in [0.4, 0.5) is 0 Å². The van der Waals surface area contributed by atoms with E-state index in [9.17, 15) is 5.11 Å². The number of aliphatic hydroxyl groups excluding tert-OH is 1. The highest BCUT2D eigenvalue weighted by atomic mass is 32.1. The first kappa shape index (κ1) is 11.8. The van der Waals surface area contributed by atoms with Crippen LogP contribution in [-0.2, 0) is 6.42 Å². The molecule has 0 unspecified atom stereocenters. The number of rotatable bonds is 3. The van der Waals surface area contributed by atoms with Gasteiger partial charge in [0.15, 0.2) is 5.82 Å². The summed E-state index contributed by atoms with van der Waals surface area (Å²) in [6.45, 7) is 2.54. The third-order valence-corrected chi connectivity index (χ3v) is 3.83. The zero-order valence-corrected chi connectivity index (χ0v) is 10.8. The van der Waals surface area contributed by atoms with Crippen LogP contribution in [0, 0.1) is 6.92 Å². The number of hydrogen-bond acceptors (Lipinski definition) is 7. The van der Waals surface area contributed by atoms with Gasteiger partial charge in [-0.3, -0.25) is 0 Å². The largest absolute Gasteiger partial charge is 0.392 e. The summed E-state index contributed by atoms with van der Waals surface area (Å²) in [4.78, 5) is 8.71. The molecular formula is C11H14N4O2S. The molecule has 1 saturated heterocycles. The molecule has 18 heavy (non-hydrogen) atoms. The molecule has 1 fully saturated rings. The number of aryl methyl sites for hydroxylation is 1. The van der Waals surface area contributed by atoms with E-state index in [0.29, 0.717) is 31.1 Å². The molecule has 0 bridgehead atoms. The molecule has 7 heteroatoms. The lowest BCUT2D eigenvalue weighted by Gasteiger charge is -2.01. The lowest BCUT2D eigenvalue weighted by atomic mass is 10.2. The normalized spacial score (nSPS) is 23.7. The number of nitrogens with one attached hydrogen (secondary N) is 1. The molecule has 1 aliphatic rings. The van der Waals surface area contributed by atoms with E-state index in [4.69, 9.17) is 4.52 Å². The third kappa shape index (κ3) is 2.43. The maximum absolute atomic E-state index is 9.44. The topological polar surface area (TPSA) is 84.1 Å². The molecule has 0 aromatic carbocycles. The Labute approximate surface area is 108 Å². The molecule has 0 aliphatic carbocycles. The first-order valence-electron chi connectivity index (χ1n) is 5.85. The van der Waals surface area contributed by atoms with E-state index in [1.165, 1.54) is 0 Å². The van der Waals surface area contributed by atoms with Crippen molar-refractivity contribution in [3.05, 3.63) is 27.8 Å². The summed E-state index contributed by atoms with van der Waals surface area (Å²) in [7, 11) is 0. The quantitative estimate of drug-likeness (QED) is 0.855. The maximum atomic E-state index is 9.44. The van der Waals surface area contributed by atoms with Gasteiger partial charge in [-0.15, -0.1) is 11.3 Å². The molecule has 3 heterocycles. The van der Waals surface area contributed by atoms with Crippen molar-refractivity contribution in [2.24, 2.45) is 0 Å². The summed E-state index contributed by atoms with van der Waals surface area (Å²) in [6, 6.07) is -0.0284. The highest BCUT2D eigenvalue weighted by Gasteiger charge is 2.28. The Kier molecular flexibility index (Phi) is 3.11. The van der Waals surface area contributed by atoms with Gasteiger partial charge in [-0.1, -0.05) is 5.16 Å². The molecule has 2 aromatic heterocycles. The van der Waals surface area contributed by atoms with Gasteiger partial charge in [-0.25, -0.2) is 4.98 Å². The average Bonchev–Trinajstić information content (AvgIpc) is 3.01. The fourth-order valence-corrected chi connectivity index (χ4v) is 2.77. The zero-order valence-electron chi connectivity index (χ0n) is 9.96. The van der Waals surface area contributed by atoms with Gasteiger partial charge in [0.05, 0.1) is 18.6 Å². The zero-order chi connectivity index (χ0) is 12.5. The van der Waals surface area contributed by atoms with Crippen molar-refractivity contribution < 1.29 is 9.63 Å². The predicted octanol–water partition coefficient (Wildman–Crippen LogP) is 0.821. The van der Waals surface area contributed by atoms with Crippen molar-refractivity contribution >= 4 is 11.3 Å². The summed E-state index contributed by atoms with van der Waals surface area (Å²) in [5.74, 6) is 1.19. The second kappa shape index (κ2) is 4.75. The van der Waals surface area contributed by atoms with Gasteiger partial charge in [0, 0.05) is 17.6 Å². The molecule has 2 N–H and O–H groups in total. The number of thiazole rings is 1. The van der Waals surface area contributed by atoms with E-state index in [2.05, 4.69) is 20.4 Å². The van der Waals surface area contributed by atoms with Crippen LogP contribution in [0.25, 0.3) is 0 Å². The molecule has 0 radical (unpaired) electrons. The van der Waals surface area contributed by atoms with Gasteiger partial charge < -0.3 is 14.9 Å². The Hall–Kier alpha value is -1.31. The van der Waals surface area contributed by atoms with E-state index in [-0.39, 0.29) is 12.1 Å². The Balaban J connectivity index is 1.70. The van der Waals surface area contributed by atoms with E-state index in [1.807, 2.05) is 12.3 Å². The minimum absolute atomic E-state index is 0.0284. The number of hydrogen-bond donors (Lipinski definition) is 2. The Bertz CT molecular complexity index is 539. The molecular weight excluding hydrogens is 252 g/mol. The molecule has 6 nitrogen and oxygen atoms in total. The second-order valence-electron chi connectivity index (χ2n) is 4.46. The predicted molar refractivity (Wildman–Crippen MR) is 65.3 cm³/mol. The number of aliphatic hydroxyl groups is 1. The van der Waals surface area contributed by atoms with E-state index >= 15 is 0 Å².